The molecule has 0 spiro atoms. The van der Waals surface area contributed by atoms with E-state index in [2.05, 4.69) is 10.1 Å². The molecule has 6 nitrogen and oxygen atoms in total. The van der Waals surface area contributed by atoms with Gasteiger partial charge in [-0.2, -0.15) is 4.98 Å². The number of furan rings is 1. The molecule has 24 heavy (non-hydrogen) atoms. The van der Waals surface area contributed by atoms with Crippen LogP contribution in [0.3, 0.4) is 0 Å². The molecule has 2 aromatic heterocycles. The molecule has 4 rings (SSSR count). The molecule has 0 amide bonds. The van der Waals surface area contributed by atoms with Crippen LogP contribution in [0.25, 0.3) is 23.0 Å². The van der Waals surface area contributed by atoms with Crippen LogP contribution < -0.4 is 5.73 Å². The van der Waals surface area contributed by atoms with Gasteiger partial charge >= 0.3 is 0 Å². The first-order valence-corrected chi connectivity index (χ1v) is 7.96. The van der Waals surface area contributed by atoms with Crippen molar-refractivity contribution in [3.05, 3.63) is 46.7 Å². The number of carbonyl (C=O) groups is 1. The Morgan fingerprint density at radius 1 is 1.21 bits per heavy atom. The monoisotopic (exact) mass is 323 g/mol. The van der Waals surface area contributed by atoms with Gasteiger partial charge in [0.1, 0.15) is 5.76 Å². The molecule has 6 heteroatoms. The highest BCUT2D eigenvalue weighted by molar-refractivity contribution is 6.00. The normalized spacial score (nSPS) is 14.0. The first-order chi connectivity index (χ1) is 11.7. The second-order valence-corrected chi connectivity index (χ2v) is 5.96. The van der Waals surface area contributed by atoms with Crippen molar-refractivity contribution in [2.45, 2.75) is 32.7 Å². The Bertz CT molecular complexity index is 906. The third kappa shape index (κ3) is 2.35. The Morgan fingerprint density at radius 3 is 2.71 bits per heavy atom. The number of benzene rings is 1. The third-order valence-corrected chi connectivity index (χ3v) is 4.37. The summed E-state index contributed by atoms with van der Waals surface area (Å²) >= 11 is 0. The molecule has 0 radical (unpaired) electrons. The van der Waals surface area contributed by atoms with Crippen LogP contribution in [0, 0.1) is 6.92 Å². The summed E-state index contributed by atoms with van der Waals surface area (Å²) in [6.07, 6.45) is 2.15. The van der Waals surface area contributed by atoms with Gasteiger partial charge in [-0.05, 0) is 18.9 Å². The predicted octanol–water partition coefficient (Wildman–Crippen LogP) is 3.28. The van der Waals surface area contributed by atoms with Crippen LogP contribution in [0.1, 0.15) is 40.1 Å². The van der Waals surface area contributed by atoms with Crippen molar-refractivity contribution in [3.8, 4) is 23.0 Å². The van der Waals surface area contributed by atoms with Crippen molar-refractivity contribution in [3.63, 3.8) is 0 Å². The maximum atomic E-state index is 12.1. The Balaban J connectivity index is 1.71. The predicted molar refractivity (Wildman–Crippen MR) is 87.3 cm³/mol. The zero-order valence-electron chi connectivity index (χ0n) is 13.3. The Kier molecular flexibility index (Phi) is 3.54. The average Bonchev–Trinajstić information content (AvgIpc) is 3.21. The summed E-state index contributed by atoms with van der Waals surface area (Å²) in [7, 11) is 0. The van der Waals surface area contributed by atoms with E-state index in [1.165, 1.54) is 0 Å². The summed E-state index contributed by atoms with van der Waals surface area (Å²) in [6.45, 7) is 2.35. The molecule has 1 aliphatic rings. The van der Waals surface area contributed by atoms with E-state index >= 15 is 0 Å². The minimum Gasteiger partial charge on any atom is -0.455 e. The Labute approximate surface area is 138 Å². The summed E-state index contributed by atoms with van der Waals surface area (Å²) in [5.41, 5.74) is 8.95. The lowest BCUT2D eigenvalue weighted by molar-refractivity contribution is 0.0969. The molecular weight excluding hydrogens is 306 g/mol. The summed E-state index contributed by atoms with van der Waals surface area (Å²) in [6, 6.07) is 7.67. The van der Waals surface area contributed by atoms with Crippen molar-refractivity contribution in [1.29, 1.82) is 0 Å². The lowest BCUT2D eigenvalue weighted by Crippen LogP contribution is -2.09. The van der Waals surface area contributed by atoms with Crippen molar-refractivity contribution in [2.75, 3.05) is 0 Å². The number of ketones is 1. The smallest absolute Gasteiger partial charge is 0.294 e. The van der Waals surface area contributed by atoms with Crippen LogP contribution in [0.5, 0.6) is 0 Å². The number of carbonyl (C=O) groups excluding carboxylic acids is 1. The highest BCUT2D eigenvalue weighted by atomic mass is 16.5. The fourth-order valence-corrected chi connectivity index (χ4v) is 3.08. The van der Waals surface area contributed by atoms with Crippen molar-refractivity contribution in [2.24, 2.45) is 5.73 Å². The van der Waals surface area contributed by atoms with E-state index in [9.17, 15) is 4.79 Å². The molecule has 1 aromatic carbocycles. The van der Waals surface area contributed by atoms with Gasteiger partial charge in [-0.3, -0.25) is 4.79 Å². The highest BCUT2D eigenvalue weighted by Crippen LogP contribution is 2.35. The van der Waals surface area contributed by atoms with Gasteiger partial charge in [-0.15, -0.1) is 0 Å². The lowest BCUT2D eigenvalue weighted by Gasteiger charge is -2.07. The number of nitrogens with zero attached hydrogens (tertiary/aromatic N) is 2. The maximum Gasteiger partial charge on any atom is 0.294 e. The van der Waals surface area contributed by atoms with E-state index in [1.54, 1.807) is 0 Å². The maximum absolute atomic E-state index is 12.1. The van der Waals surface area contributed by atoms with E-state index in [4.69, 9.17) is 14.7 Å². The molecule has 3 aromatic rings. The van der Waals surface area contributed by atoms with Crippen LogP contribution in [-0.4, -0.2) is 15.9 Å². The van der Waals surface area contributed by atoms with E-state index < -0.39 is 0 Å². The molecular formula is C18H17N3O3. The summed E-state index contributed by atoms with van der Waals surface area (Å²) in [5.74, 6) is 2.13. The van der Waals surface area contributed by atoms with Crippen LogP contribution >= 0.6 is 0 Å². The number of aryl methyl sites for hydroxylation is 1. The first-order valence-electron chi connectivity index (χ1n) is 7.96. The second-order valence-electron chi connectivity index (χ2n) is 5.96. The molecule has 122 valence electrons. The van der Waals surface area contributed by atoms with Crippen molar-refractivity contribution >= 4 is 5.78 Å². The highest BCUT2D eigenvalue weighted by Gasteiger charge is 2.28. The molecule has 0 saturated heterocycles. The molecule has 0 atom stereocenters. The number of hydrogen-bond acceptors (Lipinski definition) is 6. The molecule has 0 saturated carbocycles. The molecule has 2 heterocycles. The molecule has 0 bridgehead atoms. The fraction of sp³-hybridized carbons (Fsp3) is 0.278. The molecule has 0 aliphatic heterocycles. The standard InChI is InChI=1S/C18H17N3O3/c1-10-15-13(22)3-2-4-14(15)23-16(10)18-20-17(21-24-18)12-7-5-11(9-19)6-8-12/h5-8H,2-4,9,19H2,1H3. The lowest BCUT2D eigenvalue weighted by atomic mass is 9.94. The van der Waals surface area contributed by atoms with Gasteiger partial charge in [0, 0.05) is 30.5 Å². The first kappa shape index (κ1) is 14.8. The van der Waals surface area contributed by atoms with Gasteiger partial charge in [0.2, 0.25) is 5.82 Å². The topological polar surface area (TPSA) is 95.2 Å². The minimum atomic E-state index is 0.126. The van der Waals surface area contributed by atoms with Gasteiger partial charge in [-0.25, -0.2) is 0 Å². The van der Waals surface area contributed by atoms with Gasteiger partial charge in [-0.1, -0.05) is 29.4 Å². The largest absolute Gasteiger partial charge is 0.455 e. The number of aromatic nitrogens is 2. The zero-order chi connectivity index (χ0) is 16.7. The molecule has 0 fully saturated rings. The zero-order valence-corrected chi connectivity index (χ0v) is 13.3. The molecule has 2 N–H and O–H groups in total. The number of hydrogen-bond donors (Lipinski definition) is 1. The van der Waals surface area contributed by atoms with Crippen LogP contribution in [0.4, 0.5) is 0 Å². The summed E-state index contributed by atoms with van der Waals surface area (Å²) in [4.78, 5) is 16.5. The van der Waals surface area contributed by atoms with E-state index in [1.807, 2.05) is 31.2 Å². The minimum absolute atomic E-state index is 0.126. The SMILES string of the molecule is Cc1c(-c2nc(-c3ccc(CN)cc3)no2)oc2c1C(=O)CCC2. The van der Waals surface area contributed by atoms with Crippen molar-refractivity contribution < 1.29 is 13.7 Å². The summed E-state index contributed by atoms with van der Waals surface area (Å²) in [5, 5.41) is 4.02. The van der Waals surface area contributed by atoms with Gasteiger partial charge < -0.3 is 14.7 Å². The summed E-state index contributed by atoms with van der Waals surface area (Å²) < 4.78 is 11.2. The quantitative estimate of drug-likeness (QED) is 0.794. The number of fused-ring (bicyclic) bond motifs is 1. The van der Waals surface area contributed by atoms with Gasteiger partial charge in [0.05, 0.1) is 5.56 Å². The Morgan fingerprint density at radius 2 is 2.00 bits per heavy atom. The number of Topliss-reactive ketones (excluding diaryl/α,β-unsaturated/α-hetero) is 1. The van der Waals surface area contributed by atoms with Crippen molar-refractivity contribution in [1.82, 2.24) is 10.1 Å². The van der Waals surface area contributed by atoms with E-state index in [0.717, 1.165) is 35.3 Å². The number of rotatable bonds is 3. The van der Waals surface area contributed by atoms with Gasteiger partial charge in [0.25, 0.3) is 5.89 Å². The van der Waals surface area contributed by atoms with Crippen LogP contribution in [-0.2, 0) is 13.0 Å². The second kappa shape index (κ2) is 5.72. The van der Waals surface area contributed by atoms with E-state index in [0.29, 0.717) is 36.0 Å². The third-order valence-electron chi connectivity index (χ3n) is 4.37. The molecule has 0 unspecified atom stereocenters. The van der Waals surface area contributed by atoms with E-state index in [-0.39, 0.29) is 5.78 Å². The molecule has 1 aliphatic carbocycles. The number of nitrogens with two attached hydrogens (primary N) is 1. The van der Waals surface area contributed by atoms with Gasteiger partial charge in [0.15, 0.2) is 11.5 Å². The fourth-order valence-electron chi connectivity index (χ4n) is 3.08. The average molecular weight is 323 g/mol. The Hall–Kier alpha value is -2.73. The van der Waals surface area contributed by atoms with Crippen LogP contribution in [0.2, 0.25) is 0 Å². The van der Waals surface area contributed by atoms with Crippen LogP contribution in [0.15, 0.2) is 33.2 Å².